The zero-order valence-electron chi connectivity index (χ0n) is 13.7. The van der Waals surface area contributed by atoms with Gasteiger partial charge in [-0.3, -0.25) is 4.79 Å². The Morgan fingerprint density at radius 1 is 1.29 bits per heavy atom. The first-order valence-corrected chi connectivity index (χ1v) is 8.47. The number of carbonyl (C=O) groups excluding carboxylic acids is 1. The Bertz CT molecular complexity index is 938. The predicted octanol–water partition coefficient (Wildman–Crippen LogP) is 1.73. The lowest BCUT2D eigenvalue weighted by atomic mass is 10.1. The number of rotatable bonds is 4. The highest BCUT2D eigenvalue weighted by Crippen LogP contribution is 2.24. The smallest absolute Gasteiger partial charge is 0.317 e. The number of hydrogen-bond acceptors (Lipinski definition) is 2. The fourth-order valence-electron chi connectivity index (χ4n) is 2.78. The number of nitrogens with one attached hydrogen (secondary N) is 1. The van der Waals surface area contributed by atoms with E-state index >= 15 is 0 Å². The standard InChI is InChI=1S/C18H17BrFN3O/c1-4-22(3)16-10-15-13(9-14(16)19)17(18(24)21-2)23(15)12-7-5-11(20)6-8-12/h5-10H,4H2,1-3H3/p+1. The Morgan fingerprint density at radius 3 is 2.54 bits per heavy atom. The van der Waals surface area contributed by atoms with Crippen LogP contribution in [0.4, 0.5) is 15.8 Å². The largest absolute Gasteiger partial charge is 0.374 e. The molecular weight excluding hydrogens is 373 g/mol. The second-order valence-electron chi connectivity index (χ2n) is 5.57. The molecule has 4 nitrogen and oxygen atoms in total. The molecule has 6 heteroatoms. The Kier molecular flexibility index (Phi) is 4.41. The third-order valence-electron chi connectivity index (χ3n) is 4.20. The molecular formula is C18H18BrFN3O+. The van der Waals surface area contributed by atoms with Gasteiger partial charge in [0.15, 0.2) is 0 Å². The van der Waals surface area contributed by atoms with Gasteiger partial charge in [-0.05, 0) is 41.1 Å². The molecule has 0 radical (unpaired) electrons. The van der Waals surface area contributed by atoms with Crippen molar-refractivity contribution in [3.63, 3.8) is 0 Å². The summed E-state index contributed by atoms with van der Waals surface area (Å²) in [4.78, 5) is 14.4. The van der Waals surface area contributed by atoms with E-state index in [1.54, 1.807) is 19.2 Å². The van der Waals surface area contributed by atoms with E-state index < -0.39 is 0 Å². The van der Waals surface area contributed by atoms with Gasteiger partial charge in [-0.15, -0.1) is 4.58 Å². The van der Waals surface area contributed by atoms with Crippen LogP contribution in [0.25, 0.3) is 5.70 Å². The number of fused-ring (bicyclic) bond motifs is 1. The second kappa shape index (κ2) is 6.36. The van der Waals surface area contributed by atoms with Gasteiger partial charge < -0.3 is 10.2 Å². The molecule has 0 unspecified atom stereocenters. The van der Waals surface area contributed by atoms with Crippen LogP contribution in [0, 0.1) is 5.82 Å². The minimum atomic E-state index is -0.303. The van der Waals surface area contributed by atoms with Crippen LogP contribution in [0.5, 0.6) is 0 Å². The maximum Gasteiger partial charge on any atom is 0.317 e. The van der Waals surface area contributed by atoms with Gasteiger partial charge in [-0.2, -0.15) is 0 Å². The van der Waals surface area contributed by atoms with Crippen molar-refractivity contribution >= 4 is 38.9 Å². The number of amides is 1. The number of carbonyl (C=O) groups is 1. The first-order chi connectivity index (χ1) is 11.5. The summed E-state index contributed by atoms with van der Waals surface area (Å²) in [6.07, 6.45) is 0. The zero-order valence-corrected chi connectivity index (χ0v) is 15.3. The molecule has 0 atom stereocenters. The number of likely N-dealkylation sites (N-methyl/N-ethyl adjacent to an activating group) is 1. The quantitative estimate of drug-likeness (QED) is 0.807. The number of benzene rings is 2. The maximum atomic E-state index is 13.2. The van der Waals surface area contributed by atoms with Crippen molar-refractivity contribution < 1.29 is 9.18 Å². The van der Waals surface area contributed by atoms with E-state index in [1.165, 1.54) is 12.1 Å². The fraction of sp³-hybridized carbons (Fsp3) is 0.222. The van der Waals surface area contributed by atoms with Crippen LogP contribution < -0.4 is 25.4 Å². The molecule has 0 spiro atoms. The Hall–Kier alpha value is -2.21. The summed E-state index contributed by atoms with van der Waals surface area (Å²) in [5.41, 5.74) is 2.36. The van der Waals surface area contributed by atoms with Crippen molar-refractivity contribution in [2.24, 2.45) is 0 Å². The predicted molar refractivity (Wildman–Crippen MR) is 97.1 cm³/mol. The van der Waals surface area contributed by atoms with Gasteiger partial charge in [0.1, 0.15) is 11.0 Å². The molecule has 0 aromatic heterocycles. The molecule has 0 saturated carbocycles. The van der Waals surface area contributed by atoms with E-state index in [2.05, 4.69) is 33.1 Å². The SMILES string of the molecule is CCN(C)c1cc2c(cc1Br)=C(C(=O)NC)[N+]=2c1ccc(F)cc1. The van der Waals surface area contributed by atoms with Crippen LogP contribution in [-0.2, 0) is 4.79 Å². The highest BCUT2D eigenvalue weighted by atomic mass is 79.9. The van der Waals surface area contributed by atoms with Gasteiger partial charge >= 0.3 is 5.91 Å². The summed E-state index contributed by atoms with van der Waals surface area (Å²) >= 11 is 3.59. The van der Waals surface area contributed by atoms with Gasteiger partial charge in [0, 0.05) is 43.3 Å². The number of nitrogens with zero attached hydrogens (tertiary/aromatic N) is 2. The van der Waals surface area contributed by atoms with Gasteiger partial charge in [0.05, 0.1) is 5.69 Å². The monoisotopic (exact) mass is 390 g/mol. The molecule has 0 bridgehead atoms. The van der Waals surface area contributed by atoms with E-state index in [-0.39, 0.29) is 11.7 Å². The number of hydrogen-bond donors (Lipinski definition) is 1. The third-order valence-corrected chi connectivity index (χ3v) is 4.83. The van der Waals surface area contributed by atoms with E-state index in [0.717, 1.165) is 33.0 Å². The minimum absolute atomic E-state index is 0.171. The molecule has 2 aromatic carbocycles. The molecule has 1 amide bonds. The molecule has 24 heavy (non-hydrogen) atoms. The topological polar surface area (TPSA) is 35.4 Å². The van der Waals surface area contributed by atoms with Crippen LogP contribution in [0.3, 0.4) is 0 Å². The highest BCUT2D eigenvalue weighted by Gasteiger charge is 2.35. The lowest BCUT2D eigenvalue weighted by molar-refractivity contribution is -0.115. The van der Waals surface area contributed by atoms with E-state index in [1.807, 2.05) is 23.8 Å². The molecule has 1 heterocycles. The van der Waals surface area contributed by atoms with Crippen molar-refractivity contribution in [1.29, 1.82) is 0 Å². The molecule has 0 saturated heterocycles. The first kappa shape index (κ1) is 16.6. The molecule has 2 aromatic rings. The van der Waals surface area contributed by atoms with Crippen molar-refractivity contribution in [2.45, 2.75) is 6.92 Å². The van der Waals surface area contributed by atoms with Crippen LogP contribution in [0.1, 0.15) is 6.92 Å². The van der Waals surface area contributed by atoms with Gasteiger partial charge in [0.25, 0.3) is 5.70 Å². The molecule has 0 fully saturated rings. The lowest BCUT2D eigenvalue weighted by Crippen LogP contribution is -2.53. The molecule has 124 valence electrons. The molecule has 1 aliphatic rings. The van der Waals surface area contributed by atoms with Crippen LogP contribution >= 0.6 is 15.9 Å². The molecule has 0 aliphatic carbocycles. The number of halogens is 2. The summed E-state index contributed by atoms with van der Waals surface area (Å²) in [5.74, 6) is -0.474. The lowest BCUT2D eigenvalue weighted by Gasteiger charge is -2.20. The first-order valence-electron chi connectivity index (χ1n) is 7.67. The summed E-state index contributed by atoms with van der Waals surface area (Å²) in [7, 11) is 3.61. The van der Waals surface area contributed by atoms with Crippen molar-refractivity contribution in [2.75, 3.05) is 25.5 Å². The maximum absolute atomic E-state index is 13.2. The summed E-state index contributed by atoms with van der Waals surface area (Å²) < 4.78 is 16.0. The van der Waals surface area contributed by atoms with Gasteiger partial charge in [-0.1, -0.05) is 0 Å². The van der Waals surface area contributed by atoms with Crippen molar-refractivity contribution in [3.05, 3.63) is 57.3 Å². The Labute approximate surface area is 148 Å². The van der Waals surface area contributed by atoms with Crippen molar-refractivity contribution in [1.82, 2.24) is 9.89 Å². The average Bonchev–Trinajstić information content (AvgIpc) is 2.58. The third kappa shape index (κ3) is 2.60. The normalized spacial score (nSPS) is 12.5. The highest BCUT2D eigenvalue weighted by molar-refractivity contribution is 9.10. The Morgan fingerprint density at radius 2 is 1.96 bits per heavy atom. The van der Waals surface area contributed by atoms with Gasteiger partial charge in [-0.25, -0.2) is 4.39 Å². The number of anilines is 1. The molecule has 1 N–H and O–H groups in total. The van der Waals surface area contributed by atoms with Crippen LogP contribution in [-0.4, -0.2) is 26.5 Å². The molecule has 3 rings (SSSR count). The minimum Gasteiger partial charge on any atom is -0.374 e. The summed E-state index contributed by atoms with van der Waals surface area (Å²) in [5, 5.41) is 4.47. The second-order valence-corrected chi connectivity index (χ2v) is 6.43. The molecule has 1 aliphatic heterocycles. The van der Waals surface area contributed by atoms with Gasteiger partial charge in [0.2, 0.25) is 11.0 Å². The Balaban J connectivity index is 2.28. The van der Waals surface area contributed by atoms with E-state index in [4.69, 9.17) is 0 Å². The van der Waals surface area contributed by atoms with E-state index in [0.29, 0.717) is 5.70 Å². The average molecular weight is 391 g/mol. The fourth-order valence-corrected chi connectivity index (χ4v) is 3.42. The summed E-state index contributed by atoms with van der Waals surface area (Å²) in [6, 6.07) is 10.1. The summed E-state index contributed by atoms with van der Waals surface area (Å²) in [6.45, 7) is 2.94. The zero-order chi connectivity index (χ0) is 17.4. The van der Waals surface area contributed by atoms with Crippen molar-refractivity contribution in [3.8, 4) is 0 Å². The van der Waals surface area contributed by atoms with E-state index in [9.17, 15) is 9.18 Å². The van der Waals surface area contributed by atoms with Crippen LogP contribution in [0.2, 0.25) is 0 Å². The van der Waals surface area contributed by atoms with Crippen LogP contribution in [0.15, 0.2) is 40.9 Å².